The Kier molecular flexibility index (Phi) is 4.23. The van der Waals surface area contributed by atoms with E-state index < -0.39 is 11.6 Å². The lowest BCUT2D eigenvalue weighted by atomic mass is 10.3. The first-order valence-corrected chi connectivity index (χ1v) is 6.65. The summed E-state index contributed by atoms with van der Waals surface area (Å²) in [6, 6.07) is 1.92. The van der Waals surface area contributed by atoms with Gasteiger partial charge in [0.25, 0.3) is 0 Å². The topological polar surface area (TPSA) is 38.1 Å². The van der Waals surface area contributed by atoms with Crippen molar-refractivity contribution in [3.8, 4) is 0 Å². The van der Waals surface area contributed by atoms with E-state index in [1.54, 1.807) is 7.05 Å². The summed E-state index contributed by atoms with van der Waals surface area (Å²) < 4.78 is 28.5. The first-order valence-electron chi connectivity index (χ1n) is 6.12. The first kappa shape index (κ1) is 14.7. The van der Waals surface area contributed by atoms with Crippen LogP contribution in [0.4, 0.5) is 8.78 Å². The molecular weight excluding hydrogens is 288 g/mol. The minimum atomic E-state index is -0.763. The van der Waals surface area contributed by atoms with Crippen molar-refractivity contribution in [1.82, 2.24) is 14.5 Å². The van der Waals surface area contributed by atoms with E-state index in [1.807, 2.05) is 6.92 Å². The number of carbonyl (C=O) groups is 1. The number of nitrogens with zero attached hydrogens (tertiary/aromatic N) is 3. The van der Waals surface area contributed by atoms with Crippen molar-refractivity contribution in [1.29, 1.82) is 0 Å². The molecule has 1 aromatic heterocycles. The van der Waals surface area contributed by atoms with Crippen LogP contribution in [0.15, 0.2) is 12.1 Å². The third kappa shape index (κ3) is 2.60. The van der Waals surface area contributed by atoms with Gasteiger partial charge in [-0.3, -0.25) is 4.79 Å². The molecule has 0 saturated carbocycles. The van der Waals surface area contributed by atoms with Crippen LogP contribution in [0.5, 0.6) is 0 Å². The van der Waals surface area contributed by atoms with Crippen LogP contribution in [0.1, 0.15) is 12.7 Å². The molecule has 0 spiro atoms. The van der Waals surface area contributed by atoms with E-state index in [-0.39, 0.29) is 29.4 Å². The quantitative estimate of drug-likeness (QED) is 0.814. The number of rotatable bonds is 4. The third-order valence-corrected chi connectivity index (χ3v) is 3.40. The molecule has 0 aliphatic heterocycles. The third-order valence-electron chi connectivity index (χ3n) is 3.16. The summed E-state index contributed by atoms with van der Waals surface area (Å²) in [7, 11) is 1.66. The monoisotopic (exact) mass is 301 g/mol. The maximum atomic E-state index is 13.7. The lowest BCUT2D eigenvalue weighted by Crippen LogP contribution is -2.30. The van der Waals surface area contributed by atoms with Gasteiger partial charge in [-0.05, 0) is 13.0 Å². The minimum absolute atomic E-state index is 0.0128. The second kappa shape index (κ2) is 5.75. The molecule has 0 aliphatic rings. The highest BCUT2D eigenvalue weighted by Crippen LogP contribution is 2.22. The van der Waals surface area contributed by atoms with Crippen LogP contribution in [0.25, 0.3) is 11.0 Å². The number of hydrogen-bond acceptors (Lipinski definition) is 2. The van der Waals surface area contributed by atoms with Crippen molar-refractivity contribution < 1.29 is 13.6 Å². The standard InChI is InChI=1S/C13H14ClF2N3O/c1-3-18(2)12(20)7-19-10-5-8(15)4-9(16)13(10)17-11(19)6-14/h4-5H,3,6-7H2,1-2H3. The van der Waals surface area contributed by atoms with Gasteiger partial charge in [0.1, 0.15) is 23.7 Å². The highest BCUT2D eigenvalue weighted by atomic mass is 35.5. The minimum Gasteiger partial charge on any atom is -0.344 e. The number of benzene rings is 1. The van der Waals surface area contributed by atoms with Gasteiger partial charge in [-0.2, -0.15) is 0 Å². The fourth-order valence-electron chi connectivity index (χ4n) is 1.91. The molecular formula is C13H14ClF2N3O. The van der Waals surface area contributed by atoms with Crippen LogP contribution < -0.4 is 0 Å². The van der Waals surface area contributed by atoms with Crippen LogP contribution in [0.2, 0.25) is 0 Å². The van der Waals surface area contributed by atoms with Crippen molar-refractivity contribution in [2.75, 3.05) is 13.6 Å². The molecule has 0 unspecified atom stereocenters. The second-order valence-electron chi connectivity index (χ2n) is 4.41. The summed E-state index contributed by atoms with van der Waals surface area (Å²) in [6.07, 6.45) is 0. The predicted octanol–water partition coefficient (Wildman–Crippen LogP) is 2.53. The summed E-state index contributed by atoms with van der Waals surface area (Å²) in [4.78, 5) is 17.5. The van der Waals surface area contributed by atoms with E-state index >= 15 is 0 Å². The molecule has 1 aromatic carbocycles. The molecule has 0 atom stereocenters. The molecule has 2 aromatic rings. The summed E-state index contributed by atoms with van der Waals surface area (Å²) in [5.41, 5.74) is 0.255. The van der Waals surface area contributed by atoms with Crippen molar-refractivity contribution in [3.05, 3.63) is 29.6 Å². The number of hydrogen-bond donors (Lipinski definition) is 0. The maximum absolute atomic E-state index is 13.7. The molecule has 4 nitrogen and oxygen atoms in total. The largest absolute Gasteiger partial charge is 0.344 e. The Morgan fingerprint density at radius 2 is 2.15 bits per heavy atom. The number of imidazole rings is 1. The van der Waals surface area contributed by atoms with Gasteiger partial charge < -0.3 is 9.47 Å². The van der Waals surface area contributed by atoms with Crippen LogP contribution in [0.3, 0.4) is 0 Å². The van der Waals surface area contributed by atoms with E-state index in [2.05, 4.69) is 4.98 Å². The van der Waals surface area contributed by atoms with Gasteiger partial charge in [0.05, 0.1) is 11.4 Å². The van der Waals surface area contributed by atoms with E-state index in [9.17, 15) is 13.6 Å². The summed E-state index contributed by atoms with van der Waals surface area (Å²) >= 11 is 5.77. The van der Waals surface area contributed by atoms with Gasteiger partial charge in [0.15, 0.2) is 5.82 Å². The second-order valence-corrected chi connectivity index (χ2v) is 4.68. The Hall–Kier alpha value is -1.69. The lowest BCUT2D eigenvalue weighted by Gasteiger charge is -2.16. The molecule has 0 fully saturated rings. The van der Waals surface area contributed by atoms with Gasteiger partial charge >= 0.3 is 0 Å². The van der Waals surface area contributed by atoms with Crippen LogP contribution in [-0.2, 0) is 17.2 Å². The van der Waals surface area contributed by atoms with Crippen LogP contribution >= 0.6 is 11.6 Å². The Morgan fingerprint density at radius 3 is 2.75 bits per heavy atom. The highest BCUT2D eigenvalue weighted by molar-refractivity contribution is 6.16. The Bertz CT molecular complexity index is 657. The Labute approximate surface area is 119 Å². The number of likely N-dealkylation sites (N-methyl/N-ethyl adjacent to an activating group) is 1. The molecule has 7 heteroatoms. The molecule has 1 heterocycles. The van der Waals surface area contributed by atoms with E-state index in [0.717, 1.165) is 12.1 Å². The summed E-state index contributed by atoms with van der Waals surface area (Å²) in [5, 5.41) is 0. The van der Waals surface area contributed by atoms with Crippen molar-refractivity contribution in [2.45, 2.75) is 19.3 Å². The smallest absolute Gasteiger partial charge is 0.242 e. The average molecular weight is 302 g/mol. The predicted molar refractivity (Wildman–Crippen MR) is 72.5 cm³/mol. The molecule has 108 valence electrons. The van der Waals surface area contributed by atoms with Gasteiger partial charge in [0.2, 0.25) is 5.91 Å². The van der Waals surface area contributed by atoms with E-state index in [1.165, 1.54) is 9.47 Å². The molecule has 0 radical (unpaired) electrons. The summed E-state index contributed by atoms with van der Waals surface area (Å²) in [5.74, 6) is -1.30. The fourth-order valence-corrected chi connectivity index (χ4v) is 2.11. The number of halogens is 3. The number of aromatic nitrogens is 2. The van der Waals surface area contributed by atoms with Crippen molar-refractivity contribution in [2.24, 2.45) is 0 Å². The zero-order chi connectivity index (χ0) is 14.9. The lowest BCUT2D eigenvalue weighted by molar-refractivity contribution is -0.130. The van der Waals surface area contributed by atoms with E-state index in [0.29, 0.717) is 12.4 Å². The molecule has 20 heavy (non-hydrogen) atoms. The maximum Gasteiger partial charge on any atom is 0.242 e. The van der Waals surface area contributed by atoms with Gasteiger partial charge in [-0.1, -0.05) is 0 Å². The molecule has 2 rings (SSSR count). The highest BCUT2D eigenvalue weighted by Gasteiger charge is 2.18. The Morgan fingerprint density at radius 1 is 1.45 bits per heavy atom. The number of carbonyl (C=O) groups excluding carboxylic acids is 1. The van der Waals surface area contributed by atoms with Gasteiger partial charge in [-0.15, -0.1) is 11.6 Å². The van der Waals surface area contributed by atoms with Gasteiger partial charge in [0, 0.05) is 19.7 Å². The van der Waals surface area contributed by atoms with Crippen molar-refractivity contribution >= 4 is 28.5 Å². The fraction of sp³-hybridized carbons (Fsp3) is 0.385. The van der Waals surface area contributed by atoms with Crippen LogP contribution in [0, 0.1) is 11.6 Å². The number of amides is 1. The number of alkyl halides is 1. The molecule has 0 aliphatic carbocycles. The first-order chi connectivity index (χ1) is 9.47. The molecule has 0 N–H and O–H groups in total. The summed E-state index contributed by atoms with van der Waals surface area (Å²) in [6.45, 7) is 2.34. The zero-order valence-corrected chi connectivity index (χ0v) is 11.9. The molecule has 0 bridgehead atoms. The van der Waals surface area contributed by atoms with Crippen LogP contribution in [-0.4, -0.2) is 34.0 Å². The Balaban J connectivity index is 2.53. The van der Waals surface area contributed by atoms with E-state index in [4.69, 9.17) is 11.6 Å². The van der Waals surface area contributed by atoms with Crippen molar-refractivity contribution in [3.63, 3.8) is 0 Å². The SMILES string of the molecule is CCN(C)C(=O)Cn1c(CCl)nc2c(F)cc(F)cc21. The molecule has 0 saturated heterocycles. The normalized spacial score (nSPS) is 11.1. The average Bonchev–Trinajstić information content (AvgIpc) is 2.76. The zero-order valence-electron chi connectivity index (χ0n) is 11.2. The van der Waals surface area contributed by atoms with Gasteiger partial charge in [-0.25, -0.2) is 13.8 Å². The number of fused-ring (bicyclic) bond motifs is 1. The molecule has 1 amide bonds.